The molecule has 114 valence electrons. The monoisotopic (exact) mass is 277 g/mol. The highest BCUT2D eigenvalue weighted by Crippen LogP contribution is 2.18. The van der Waals surface area contributed by atoms with Crippen molar-refractivity contribution in [1.29, 1.82) is 0 Å². The van der Waals surface area contributed by atoms with E-state index < -0.39 is 6.10 Å². The van der Waals surface area contributed by atoms with Gasteiger partial charge in [-0.1, -0.05) is 64.3 Å². The van der Waals surface area contributed by atoms with Crippen LogP contribution in [-0.4, -0.2) is 17.2 Å². The van der Waals surface area contributed by atoms with E-state index in [-0.39, 0.29) is 6.04 Å². The minimum Gasteiger partial charge on any atom is -0.387 e. The Morgan fingerprint density at radius 2 is 1.65 bits per heavy atom. The molecule has 1 rings (SSSR count). The smallest absolute Gasteiger partial charge is 0.0940 e. The Balaban J connectivity index is 2.48. The van der Waals surface area contributed by atoms with E-state index >= 15 is 0 Å². The molecule has 0 aromatic heterocycles. The van der Waals surface area contributed by atoms with E-state index in [0.717, 1.165) is 12.0 Å². The van der Waals surface area contributed by atoms with Gasteiger partial charge in [0.25, 0.3) is 0 Å². The first-order valence-electron chi connectivity index (χ1n) is 8.07. The molecule has 2 heteroatoms. The minimum absolute atomic E-state index is 0.0744. The van der Waals surface area contributed by atoms with Crippen molar-refractivity contribution in [2.24, 2.45) is 0 Å². The van der Waals surface area contributed by atoms with Gasteiger partial charge in [-0.2, -0.15) is 0 Å². The number of aryl methyl sites for hydroxylation is 1. The van der Waals surface area contributed by atoms with Crippen molar-refractivity contribution in [1.82, 2.24) is 5.32 Å². The van der Waals surface area contributed by atoms with Gasteiger partial charge in [0.2, 0.25) is 0 Å². The summed E-state index contributed by atoms with van der Waals surface area (Å²) in [6.45, 7) is 8.47. The minimum atomic E-state index is -0.438. The van der Waals surface area contributed by atoms with Crippen molar-refractivity contribution < 1.29 is 5.11 Å². The molecule has 0 heterocycles. The lowest BCUT2D eigenvalue weighted by molar-refractivity contribution is 0.132. The quantitative estimate of drug-likeness (QED) is 0.662. The summed E-state index contributed by atoms with van der Waals surface area (Å²) in [7, 11) is 0. The van der Waals surface area contributed by atoms with Gasteiger partial charge in [-0.05, 0) is 30.9 Å². The third-order valence-corrected chi connectivity index (χ3v) is 3.71. The molecule has 1 aromatic rings. The van der Waals surface area contributed by atoms with Crippen LogP contribution in [0, 0.1) is 0 Å². The van der Waals surface area contributed by atoms with Crippen molar-refractivity contribution >= 4 is 0 Å². The molecule has 0 saturated heterocycles. The molecule has 2 atom stereocenters. The highest BCUT2D eigenvalue weighted by Gasteiger charge is 2.16. The molecule has 0 aliphatic heterocycles. The fourth-order valence-corrected chi connectivity index (χ4v) is 2.54. The first-order valence-corrected chi connectivity index (χ1v) is 8.07. The van der Waals surface area contributed by atoms with Gasteiger partial charge in [0.15, 0.2) is 0 Å². The fourth-order valence-electron chi connectivity index (χ4n) is 2.54. The average Bonchev–Trinajstić information content (AvgIpc) is 2.43. The second kappa shape index (κ2) is 9.15. The molecule has 20 heavy (non-hydrogen) atoms. The number of aliphatic hydroxyl groups is 1. The van der Waals surface area contributed by atoms with Gasteiger partial charge in [-0.15, -0.1) is 0 Å². The molecule has 0 radical (unpaired) electrons. The molecule has 0 spiro atoms. The van der Waals surface area contributed by atoms with Crippen LogP contribution in [0.25, 0.3) is 0 Å². The molecule has 0 aliphatic carbocycles. The van der Waals surface area contributed by atoms with Crippen LogP contribution in [0.5, 0.6) is 0 Å². The summed E-state index contributed by atoms with van der Waals surface area (Å²) >= 11 is 0. The van der Waals surface area contributed by atoms with Crippen LogP contribution in [-0.2, 0) is 6.42 Å². The zero-order chi connectivity index (χ0) is 15.0. The predicted octanol–water partition coefficient (Wildman–Crippen LogP) is 4.23. The van der Waals surface area contributed by atoms with Crippen LogP contribution in [0.2, 0.25) is 0 Å². The summed E-state index contributed by atoms with van der Waals surface area (Å²) in [4.78, 5) is 0. The predicted molar refractivity (Wildman–Crippen MR) is 87.0 cm³/mol. The summed E-state index contributed by atoms with van der Waals surface area (Å²) in [6.07, 6.45) is 5.90. The molecule has 0 saturated carbocycles. The topological polar surface area (TPSA) is 32.3 Å². The lowest BCUT2D eigenvalue weighted by atomic mass is 9.99. The highest BCUT2D eigenvalue weighted by molar-refractivity contribution is 5.25. The van der Waals surface area contributed by atoms with Crippen LogP contribution < -0.4 is 5.32 Å². The number of aliphatic hydroxyl groups excluding tert-OH is 1. The second-order valence-corrected chi connectivity index (χ2v) is 6.11. The number of hydrogen-bond acceptors (Lipinski definition) is 2. The normalized spacial score (nSPS) is 14.5. The van der Waals surface area contributed by atoms with Gasteiger partial charge < -0.3 is 10.4 Å². The molecular weight excluding hydrogens is 246 g/mol. The maximum absolute atomic E-state index is 10.3. The van der Waals surface area contributed by atoms with Gasteiger partial charge in [-0.3, -0.25) is 0 Å². The van der Waals surface area contributed by atoms with Crippen molar-refractivity contribution in [3.63, 3.8) is 0 Å². The van der Waals surface area contributed by atoms with Crippen molar-refractivity contribution in [3.8, 4) is 0 Å². The van der Waals surface area contributed by atoms with Crippen molar-refractivity contribution in [3.05, 3.63) is 35.4 Å². The van der Waals surface area contributed by atoms with E-state index in [1.54, 1.807) is 0 Å². The van der Waals surface area contributed by atoms with Gasteiger partial charge in [0, 0.05) is 12.1 Å². The Morgan fingerprint density at radius 1 is 1.00 bits per heavy atom. The van der Waals surface area contributed by atoms with Crippen molar-refractivity contribution in [2.45, 2.75) is 78.0 Å². The van der Waals surface area contributed by atoms with Gasteiger partial charge in [-0.25, -0.2) is 0 Å². The zero-order valence-electron chi connectivity index (χ0n) is 13.5. The molecule has 2 unspecified atom stereocenters. The first-order chi connectivity index (χ1) is 9.54. The second-order valence-electron chi connectivity index (χ2n) is 6.11. The Morgan fingerprint density at radius 3 is 2.20 bits per heavy atom. The number of benzene rings is 1. The first kappa shape index (κ1) is 17.2. The van der Waals surface area contributed by atoms with Crippen LogP contribution in [0.1, 0.15) is 70.6 Å². The molecule has 1 aromatic carbocycles. The van der Waals surface area contributed by atoms with Gasteiger partial charge >= 0.3 is 0 Å². The van der Waals surface area contributed by atoms with E-state index in [1.807, 2.05) is 6.92 Å². The van der Waals surface area contributed by atoms with E-state index in [9.17, 15) is 5.11 Å². The number of nitrogens with one attached hydrogen (secondary N) is 1. The molecule has 2 N–H and O–H groups in total. The third-order valence-electron chi connectivity index (χ3n) is 3.71. The zero-order valence-corrected chi connectivity index (χ0v) is 13.5. The van der Waals surface area contributed by atoms with Crippen LogP contribution in [0.15, 0.2) is 24.3 Å². The maximum atomic E-state index is 10.3. The number of unbranched alkanes of at least 4 members (excludes halogenated alkanes) is 3. The summed E-state index contributed by atoms with van der Waals surface area (Å²) in [5, 5.41) is 13.7. The van der Waals surface area contributed by atoms with Gasteiger partial charge in [0.1, 0.15) is 0 Å². The number of rotatable bonds is 9. The summed E-state index contributed by atoms with van der Waals surface area (Å²) in [6, 6.07) is 8.92. The highest BCUT2D eigenvalue weighted by atomic mass is 16.3. The van der Waals surface area contributed by atoms with Gasteiger partial charge in [0.05, 0.1) is 6.10 Å². The molecule has 0 amide bonds. The lowest BCUT2D eigenvalue weighted by Gasteiger charge is -2.23. The molecule has 2 nitrogen and oxygen atoms in total. The van der Waals surface area contributed by atoms with E-state index in [1.165, 1.54) is 31.2 Å². The molecule has 0 bridgehead atoms. The molecule has 0 fully saturated rings. The standard InChI is InChI=1S/C18H31NO/c1-5-6-7-8-9-16-10-12-17(13-11-16)18(20)15(4)19-14(2)3/h10-15,18-20H,5-9H2,1-4H3. The fraction of sp³-hybridized carbons (Fsp3) is 0.667. The largest absolute Gasteiger partial charge is 0.387 e. The Bertz CT molecular complexity index is 358. The van der Waals surface area contributed by atoms with E-state index in [2.05, 4.69) is 50.4 Å². The maximum Gasteiger partial charge on any atom is 0.0940 e. The van der Waals surface area contributed by atoms with Crippen molar-refractivity contribution in [2.75, 3.05) is 0 Å². The Hall–Kier alpha value is -0.860. The lowest BCUT2D eigenvalue weighted by Crippen LogP contribution is -2.36. The average molecular weight is 277 g/mol. The van der Waals surface area contributed by atoms with Crippen LogP contribution in [0.4, 0.5) is 0 Å². The Kier molecular flexibility index (Phi) is 7.86. The Labute approximate surface area is 124 Å². The van der Waals surface area contributed by atoms with Crippen LogP contribution >= 0.6 is 0 Å². The van der Waals surface area contributed by atoms with E-state index in [4.69, 9.17) is 0 Å². The SMILES string of the molecule is CCCCCCc1ccc(C(O)C(C)NC(C)C)cc1. The molecule has 0 aliphatic rings. The summed E-state index contributed by atoms with van der Waals surface area (Å²) < 4.78 is 0. The van der Waals surface area contributed by atoms with E-state index in [0.29, 0.717) is 6.04 Å². The number of hydrogen-bond donors (Lipinski definition) is 2. The third kappa shape index (κ3) is 6.06. The molecular formula is C18H31NO. The summed E-state index contributed by atoms with van der Waals surface area (Å²) in [5.74, 6) is 0. The van der Waals surface area contributed by atoms with Crippen LogP contribution in [0.3, 0.4) is 0 Å². The summed E-state index contributed by atoms with van der Waals surface area (Å²) in [5.41, 5.74) is 2.38.